The maximum atomic E-state index is 12.1. The lowest BCUT2D eigenvalue weighted by molar-refractivity contribution is 0.0697. The largest absolute Gasteiger partial charge is 0.492 e. The van der Waals surface area contributed by atoms with Crippen LogP contribution in [0.1, 0.15) is 49.9 Å². The van der Waals surface area contributed by atoms with Gasteiger partial charge in [0.05, 0.1) is 17.3 Å². The number of anilines is 2. The van der Waals surface area contributed by atoms with E-state index in [-0.39, 0.29) is 16.8 Å². The number of halogens is 1. The average Bonchev–Trinajstić information content (AvgIpc) is 3.48. The summed E-state index contributed by atoms with van der Waals surface area (Å²) in [5.74, 6) is 0.196. The third kappa shape index (κ3) is 6.89. The molecule has 0 aliphatic rings. The zero-order valence-electron chi connectivity index (χ0n) is 21.5. The van der Waals surface area contributed by atoms with E-state index in [0.717, 1.165) is 33.0 Å². The molecule has 0 bridgehead atoms. The van der Waals surface area contributed by atoms with Crippen LogP contribution in [0, 0.1) is 11.3 Å². The first-order valence-corrected chi connectivity index (χ1v) is 14.0. The lowest BCUT2D eigenvalue weighted by Gasteiger charge is -2.17. The van der Waals surface area contributed by atoms with Gasteiger partial charge in [0.2, 0.25) is 0 Å². The van der Waals surface area contributed by atoms with Crippen LogP contribution in [0.4, 0.5) is 10.9 Å². The number of benzene rings is 1. The molecule has 3 aromatic heterocycles. The van der Waals surface area contributed by atoms with Crippen LogP contribution in [0.3, 0.4) is 0 Å². The van der Waals surface area contributed by atoms with Crippen molar-refractivity contribution in [2.45, 2.75) is 41.0 Å². The smallest absolute Gasteiger partial charge is 0.339 e. The second-order valence-corrected chi connectivity index (χ2v) is 12.8. The first-order chi connectivity index (χ1) is 17.5. The van der Waals surface area contributed by atoms with Gasteiger partial charge in [-0.25, -0.2) is 14.8 Å². The summed E-state index contributed by atoms with van der Waals surface area (Å²) < 4.78 is 5.94. The lowest BCUT2D eigenvalue weighted by Crippen LogP contribution is -2.08. The van der Waals surface area contributed by atoms with Crippen molar-refractivity contribution >= 4 is 51.2 Å². The average molecular weight is 556 g/mol. The Bertz CT molecular complexity index is 1390. The Labute approximate surface area is 230 Å². The number of rotatable bonds is 9. The van der Waals surface area contributed by atoms with Gasteiger partial charge in [0.15, 0.2) is 5.13 Å². The molecule has 194 valence electrons. The zero-order chi connectivity index (χ0) is 26.7. The molecule has 4 rings (SSSR count). The standard InChI is InChI=1S/C28H30ClN3O3S2/c1-16(2)15-35-21-12-17(8-9-20(21)29)24-23(13-28(3,4)5)37-27(31-24)32-25-19(26(33)34)11-18(14-30-25)22-7-6-10-36-22/h6-12,14,16H,13,15H2,1-5H3,(H,33,34)(H,30,31,32). The van der Waals surface area contributed by atoms with E-state index < -0.39 is 5.97 Å². The maximum Gasteiger partial charge on any atom is 0.339 e. The highest BCUT2D eigenvalue weighted by atomic mass is 35.5. The second kappa shape index (κ2) is 11.2. The number of ether oxygens (including phenoxy) is 1. The molecule has 0 aliphatic heterocycles. The highest BCUT2D eigenvalue weighted by molar-refractivity contribution is 7.16. The first kappa shape index (κ1) is 27.1. The van der Waals surface area contributed by atoms with E-state index in [2.05, 4.69) is 44.9 Å². The number of hydrogen-bond donors (Lipinski definition) is 2. The fourth-order valence-corrected chi connectivity index (χ4v) is 5.82. The van der Waals surface area contributed by atoms with Gasteiger partial charge in [0.1, 0.15) is 17.1 Å². The Kier molecular flexibility index (Phi) is 8.21. The third-order valence-corrected chi connectivity index (χ3v) is 7.52. The maximum absolute atomic E-state index is 12.1. The van der Waals surface area contributed by atoms with Gasteiger partial charge >= 0.3 is 5.97 Å². The summed E-state index contributed by atoms with van der Waals surface area (Å²) in [5.41, 5.74) is 2.60. The van der Waals surface area contributed by atoms with Crippen LogP contribution >= 0.6 is 34.3 Å². The van der Waals surface area contributed by atoms with Crippen LogP contribution in [0.15, 0.2) is 48.0 Å². The Morgan fingerprint density at radius 2 is 1.97 bits per heavy atom. The highest BCUT2D eigenvalue weighted by Gasteiger charge is 2.22. The minimum absolute atomic E-state index is 0.0226. The fourth-order valence-electron chi connectivity index (χ4n) is 3.66. The van der Waals surface area contributed by atoms with Gasteiger partial charge in [0, 0.05) is 27.1 Å². The van der Waals surface area contributed by atoms with Crippen LogP contribution in [-0.4, -0.2) is 27.7 Å². The summed E-state index contributed by atoms with van der Waals surface area (Å²) in [6.45, 7) is 11.3. The van der Waals surface area contributed by atoms with E-state index in [9.17, 15) is 9.90 Å². The molecule has 4 aromatic rings. The van der Waals surface area contributed by atoms with Crippen molar-refractivity contribution in [3.8, 4) is 27.4 Å². The summed E-state index contributed by atoms with van der Waals surface area (Å²) in [7, 11) is 0. The van der Waals surface area contributed by atoms with Gasteiger partial charge in [-0.2, -0.15) is 0 Å². The van der Waals surface area contributed by atoms with Gasteiger partial charge in [-0.15, -0.1) is 22.7 Å². The predicted molar refractivity (Wildman–Crippen MR) is 154 cm³/mol. The molecule has 9 heteroatoms. The van der Waals surface area contributed by atoms with Crippen LogP contribution in [0.5, 0.6) is 5.75 Å². The molecule has 2 N–H and O–H groups in total. The van der Waals surface area contributed by atoms with Gasteiger partial charge in [-0.1, -0.05) is 58.4 Å². The number of carboxylic acids is 1. The summed E-state index contributed by atoms with van der Waals surface area (Å²) in [4.78, 5) is 23.4. The van der Waals surface area contributed by atoms with Crippen molar-refractivity contribution in [1.29, 1.82) is 0 Å². The number of carbonyl (C=O) groups is 1. The number of thiophene rings is 1. The Morgan fingerprint density at radius 1 is 1.19 bits per heavy atom. The Balaban J connectivity index is 1.71. The lowest BCUT2D eigenvalue weighted by atomic mass is 9.90. The summed E-state index contributed by atoms with van der Waals surface area (Å²) in [5, 5.41) is 16.1. The minimum Gasteiger partial charge on any atom is -0.492 e. The molecule has 3 heterocycles. The van der Waals surface area contributed by atoms with E-state index >= 15 is 0 Å². The number of aromatic carboxylic acids is 1. The number of nitrogens with one attached hydrogen (secondary N) is 1. The number of nitrogens with zero attached hydrogens (tertiary/aromatic N) is 2. The predicted octanol–water partition coefficient (Wildman–Crippen LogP) is 8.65. The van der Waals surface area contributed by atoms with Crippen molar-refractivity contribution in [3.05, 3.63) is 63.4 Å². The molecule has 1 aromatic carbocycles. The van der Waals surface area contributed by atoms with Crippen LogP contribution in [0.25, 0.3) is 21.7 Å². The molecule has 0 aliphatic carbocycles. The van der Waals surface area contributed by atoms with Gasteiger partial charge in [-0.3, -0.25) is 0 Å². The van der Waals surface area contributed by atoms with Gasteiger partial charge < -0.3 is 15.2 Å². The van der Waals surface area contributed by atoms with Crippen molar-refractivity contribution < 1.29 is 14.6 Å². The van der Waals surface area contributed by atoms with E-state index in [1.54, 1.807) is 12.3 Å². The third-order valence-electron chi connectivity index (χ3n) is 5.31. The molecular formula is C28H30ClN3O3S2. The molecule has 0 radical (unpaired) electrons. The molecule has 0 atom stereocenters. The number of carboxylic acid groups (broad SMARTS) is 1. The minimum atomic E-state index is -1.05. The molecule has 0 fully saturated rings. The van der Waals surface area contributed by atoms with E-state index in [1.807, 2.05) is 35.7 Å². The molecule has 0 saturated heterocycles. The monoisotopic (exact) mass is 555 g/mol. The van der Waals surface area contributed by atoms with E-state index in [4.69, 9.17) is 21.3 Å². The Morgan fingerprint density at radius 3 is 2.62 bits per heavy atom. The quantitative estimate of drug-likeness (QED) is 0.215. The van der Waals surface area contributed by atoms with Gasteiger partial charge in [-0.05, 0) is 47.4 Å². The molecule has 6 nitrogen and oxygen atoms in total. The number of pyridine rings is 1. The first-order valence-electron chi connectivity index (χ1n) is 12.0. The topological polar surface area (TPSA) is 84.3 Å². The molecule has 0 saturated carbocycles. The molecule has 0 amide bonds. The van der Waals surface area contributed by atoms with Crippen molar-refractivity contribution in [1.82, 2.24) is 9.97 Å². The molecule has 0 spiro atoms. The second-order valence-electron chi connectivity index (χ2n) is 10.4. The summed E-state index contributed by atoms with van der Waals surface area (Å²) >= 11 is 9.44. The number of aromatic nitrogens is 2. The van der Waals surface area contributed by atoms with E-state index in [1.165, 1.54) is 22.7 Å². The SMILES string of the molecule is CC(C)COc1cc(-c2nc(Nc3ncc(-c4cccs4)cc3C(=O)O)sc2CC(C)(C)C)ccc1Cl. The van der Waals surface area contributed by atoms with Crippen molar-refractivity contribution in [2.24, 2.45) is 11.3 Å². The number of thiazole rings is 1. The van der Waals surface area contributed by atoms with E-state index in [0.29, 0.717) is 28.4 Å². The van der Waals surface area contributed by atoms with Gasteiger partial charge in [0.25, 0.3) is 0 Å². The fraction of sp³-hybridized carbons (Fsp3) is 0.321. The molecule has 0 unspecified atom stereocenters. The number of hydrogen-bond acceptors (Lipinski definition) is 7. The van der Waals surface area contributed by atoms with Crippen molar-refractivity contribution in [3.63, 3.8) is 0 Å². The van der Waals surface area contributed by atoms with Crippen LogP contribution in [-0.2, 0) is 6.42 Å². The summed E-state index contributed by atoms with van der Waals surface area (Å²) in [6, 6.07) is 11.2. The molecular weight excluding hydrogens is 526 g/mol. The van der Waals surface area contributed by atoms with Crippen LogP contribution < -0.4 is 10.1 Å². The van der Waals surface area contributed by atoms with Crippen molar-refractivity contribution in [2.75, 3.05) is 11.9 Å². The highest BCUT2D eigenvalue weighted by Crippen LogP contribution is 2.39. The summed E-state index contributed by atoms with van der Waals surface area (Å²) in [6.07, 6.45) is 2.48. The Hall–Kier alpha value is -2.94. The normalized spacial score (nSPS) is 11.6. The van der Waals surface area contributed by atoms with Crippen LogP contribution in [0.2, 0.25) is 5.02 Å². The molecule has 37 heavy (non-hydrogen) atoms. The zero-order valence-corrected chi connectivity index (χ0v) is 23.9.